The summed E-state index contributed by atoms with van der Waals surface area (Å²) in [6.07, 6.45) is 4.12. The lowest BCUT2D eigenvalue weighted by Gasteiger charge is -1.73. The predicted molar refractivity (Wildman–Crippen MR) is 33.4 cm³/mol. The fraction of sp³-hybridized carbons (Fsp3) is 0.400. The lowest BCUT2D eigenvalue weighted by Crippen LogP contribution is -1.72. The van der Waals surface area contributed by atoms with Crippen molar-refractivity contribution < 1.29 is 4.79 Å². The SMILES string of the molecule is CCC=CC(=O)S. The fourth-order valence-electron chi connectivity index (χ4n) is 0.219. The predicted octanol–water partition coefficient (Wildman–Crippen LogP) is 1.41. The molecule has 0 aliphatic carbocycles. The highest BCUT2D eigenvalue weighted by Crippen LogP contribution is 1.83. The Morgan fingerprint density at radius 2 is 2.43 bits per heavy atom. The first-order valence-electron chi connectivity index (χ1n) is 2.17. The Kier molecular flexibility index (Phi) is 3.80. The van der Waals surface area contributed by atoms with E-state index >= 15 is 0 Å². The van der Waals surface area contributed by atoms with E-state index in [1.54, 1.807) is 6.08 Å². The summed E-state index contributed by atoms with van der Waals surface area (Å²) in [4.78, 5) is 9.98. The van der Waals surface area contributed by atoms with E-state index in [1.165, 1.54) is 6.08 Å². The minimum Gasteiger partial charge on any atom is -0.283 e. The van der Waals surface area contributed by atoms with E-state index in [-0.39, 0.29) is 5.12 Å². The number of allylic oxidation sites excluding steroid dienone is 1. The molecule has 0 atom stereocenters. The third-order valence-electron chi connectivity index (χ3n) is 0.496. The molecule has 0 aliphatic heterocycles. The second-order valence-corrected chi connectivity index (χ2v) is 1.59. The molecule has 1 nitrogen and oxygen atoms in total. The average molecular weight is 116 g/mol. The van der Waals surface area contributed by atoms with Gasteiger partial charge in [0.1, 0.15) is 0 Å². The van der Waals surface area contributed by atoms with Gasteiger partial charge in [-0.05, 0) is 12.5 Å². The van der Waals surface area contributed by atoms with Gasteiger partial charge in [0.15, 0.2) is 0 Å². The topological polar surface area (TPSA) is 17.1 Å². The maximum Gasteiger partial charge on any atom is 0.208 e. The van der Waals surface area contributed by atoms with Crippen molar-refractivity contribution in [2.75, 3.05) is 0 Å². The van der Waals surface area contributed by atoms with Crippen LogP contribution >= 0.6 is 12.6 Å². The molecule has 0 aromatic heterocycles. The number of rotatable bonds is 2. The van der Waals surface area contributed by atoms with Crippen LogP contribution in [0, 0.1) is 0 Å². The van der Waals surface area contributed by atoms with Crippen molar-refractivity contribution in [2.45, 2.75) is 13.3 Å². The van der Waals surface area contributed by atoms with Gasteiger partial charge in [0.05, 0.1) is 0 Å². The van der Waals surface area contributed by atoms with Crippen LogP contribution in [0.1, 0.15) is 13.3 Å². The molecule has 0 N–H and O–H groups in total. The van der Waals surface area contributed by atoms with E-state index in [4.69, 9.17) is 0 Å². The molecular formula is C5H8OS. The number of thiol groups is 1. The first-order chi connectivity index (χ1) is 3.27. The molecular weight excluding hydrogens is 108 g/mol. The number of hydrogen-bond acceptors (Lipinski definition) is 1. The van der Waals surface area contributed by atoms with Crippen LogP contribution in [0.3, 0.4) is 0 Å². The van der Waals surface area contributed by atoms with Crippen LogP contribution in [-0.2, 0) is 4.79 Å². The second kappa shape index (κ2) is 3.93. The zero-order valence-corrected chi connectivity index (χ0v) is 5.11. The molecule has 40 valence electrons. The third-order valence-corrected chi connectivity index (χ3v) is 0.645. The first kappa shape index (κ1) is 6.76. The van der Waals surface area contributed by atoms with Crippen molar-refractivity contribution in [1.82, 2.24) is 0 Å². The molecule has 0 rings (SSSR count). The van der Waals surface area contributed by atoms with E-state index < -0.39 is 0 Å². The minimum atomic E-state index is -0.179. The van der Waals surface area contributed by atoms with Crippen LogP contribution < -0.4 is 0 Å². The van der Waals surface area contributed by atoms with Crippen molar-refractivity contribution in [3.05, 3.63) is 12.2 Å². The Labute approximate surface area is 48.8 Å². The van der Waals surface area contributed by atoms with Crippen molar-refractivity contribution in [3.8, 4) is 0 Å². The van der Waals surface area contributed by atoms with Crippen LogP contribution in [0.25, 0.3) is 0 Å². The van der Waals surface area contributed by atoms with Gasteiger partial charge in [0, 0.05) is 0 Å². The molecule has 0 radical (unpaired) electrons. The minimum absolute atomic E-state index is 0.179. The molecule has 0 unspecified atom stereocenters. The molecule has 0 heterocycles. The monoisotopic (exact) mass is 116 g/mol. The van der Waals surface area contributed by atoms with E-state index in [9.17, 15) is 4.79 Å². The van der Waals surface area contributed by atoms with E-state index in [2.05, 4.69) is 12.6 Å². The molecule has 0 fully saturated rings. The zero-order valence-electron chi connectivity index (χ0n) is 4.22. The van der Waals surface area contributed by atoms with Crippen LogP contribution in [0.4, 0.5) is 0 Å². The van der Waals surface area contributed by atoms with Crippen LogP contribution in [0.5, 0.6) is 0 Å². The van der Waals surface area contributed by atoms with Gasteiger partial charge in [-0.15, -0.1) is 12.6 Å². The summed E-state index contributed by atoms with van der Waals surface area (Å²) in [6.45, 7) is 1.97. The zero-order chi connectivity index (χ0) is 5.70. The standard InChI is InChI=1S/C5H8OS/c1-2-3-4-5(6)7/h3-4H,2H2,1H3,(H,6,7). The van der Waals surface area contributed by atoms with Crippen molar-refractivity contribution >= 4 is 17.7 Å². The molecule has 0 aromatic rings. The van der Waals surface area contributed by atoms with Crippen molar-refractivity contribution in [1.29, 1.82) is 0 Å². The smallest absolute Gasteiger partial charge is 0.208 e. The Balaban J connectivity index is 3.26. The highest BCUT2D eigenvalue weighted by atomic mass is 32.1. The van der Waals surface area contributed by atoms with Gasteiger partial charge in [-0.2, -0.15) is 0 Å². The summed E-state index contributed by atoms with van der Waals surface area (Å²) in [5.74, 6) is 0. The van der Waals surface area contributed by atoms with Gasteiger partial charge >= 0.3 is 0 Å². The quantitative estimate of drug-likeness (QED) is 0.426. The van der Waals surface area contributed by atoms with Gasteiger partial charge in [-0.1, -0.05) is 13.0 Å². The third kappa shape index (κ3) is 5.76. The van der Waals surface area contributed by atoms with Gasteiger partial charge in [-0.25, -0.2) is 0 Å². The molecule has 0 aliphatic rings. The Hall–Kier alpha value is -0.240. The number of hydrogen-bond donors (Lipinski definition) is 1. The van der Waals surface area contributed by atoms with Crippen molar-refractivity contribution in [2.24, 2.45) is 0 Å². The molecule has 0 amide bonds. The summed E-state index contributed by atoms with van der Waals surface area (Å²) in [5.41, 5.74) is 0. The Morgan fingerprint density at radius 3 is 2.57 bits per heavy atom. The molecule has 0 bridgehead atoms. The summed E-state index contributed by atoms with van der Waals surface area (Å²) in [7, 11) is 0. The van der Waals surface area contributed by atoms with Gasteiger partial charge in [0.2, 0.25) is 5.12 Å². The summed E-state index contributed by atoms with van der Waals surface area (Å²) in [6, 6.07) is 0. The average Bonchev–Trinajstić information content (AvgIpc) is 1.61. The van der Waals surface area contributed by atoms with E-state index in [1.807, 2.05) is 6.92 Å². The van der Waals surface area contributed by atoms with Crippen molar-refractivity contribution in [3.63, 3.8) is 0 Å². The molecule has 2 heteroatoms. The molecule has 0 spiro atoms. The highest BCUT2D eigenvalue weighted by Gasteiger charge is 1.76. The summed E-state index contributed by atoms with van der Waals surface area (Å²) < 4.78 is 0. The normalized spacial score (nSPS) is 10.0. The van der Waals surface area contributed by atoms with E-state index in [0.29, 0.717) is 0 Å². The second-order valence-electron chi connectivity index (χ2n) is 1.15. The van der Waals surface area contributed by atoms with E-state index in [0.717, 1.165) is 6.42 Å². The molecule has 0 aromatic carbocycles. The van der Waals surface area contributed by atoms with Gasteiger partial charge in [-0.3, -0.25) is 4.79 Å². The lowest BCUT2D eigenvalue weighted by atomic mass is 10.4. The van der Waals surface area contributed by atoms with Crippen LogP contribution in [-0.4, -0.2) is 5.12 Å². The maximum atomic E-state index is 9.98. The fourth-order valence-corrected chi connectivity index (χ4v) is 0.324. The number of carbonyl (C=O) groups excluding carboxylic acids is 1. The number of carbonyl (C=O) groups is 1. The van der Waals surface area contributed by atoms with Crippen LogP contribution in [0.2, 0.25) is 0 Å². The largest absolute Gasteiger partial charge is 0.283 e. The van der Waals surface area contributed by atoms with Crippen LogP contribution in [0.15, 0.2) is 12.2 Å². The Morgan fingerprint density at radius 1 is 1.86 bits per heavy atom. The highest BCUT2D eigenvalue weighted by molar-refractivity contribution is 7.97. The van der Waals surface area contributed by atoms with Gasteiger partial charge < -0.3 is 0 Å². The molecule has 7 heavy (non-hydrogen) atoms. The summed E-state index contributed by atoms with van der Waals surface area (Å²) >= 11 is 3.51. The Bertz CT molecular complexity index is 86.1. The molecule has 0 saturated heterocycles. The van der Waals surface area contributed by atoms with Gasteiger partial charge in [0.25, 0.3) is 0 Å². The lowest BCUT2D eigenvalue weighted by molar-refractivity contribution is -0.106. The molecule has 0 saturated carbocycles. The summed E-state index contributed by atoms with van der Waals surface area (Å²) in [5, 5.41) is -0.179. The first-order valence-corrected chi connectivity index (χ1v) is 2.61. The maximum absolute atomic E-state index is 9.98.